The van der Waals surface area contributed by atoms with E-state index in [0.29, 0.717) is 27.3 Å². The number of fused-ring (bicyclic) bond motifs is 3. The number of rotatable bonds is 3. The van der Waals surface area contributed by atoms with Gasteiger partial charge in [-0.1, -0.05) is 68.5 Å². The van der Waals surface area contributed by atoms with Crippen LogP contribution in [0.4, 0.5) is 0 Å². The lowest BCUT2D eigenvalue weighted by Crippen LogP contribution is -2.39. The van der Waals surface area contributed by atoms with Gasteiger partial charge in [0.15, 0.2) is 6.10 Å². The van der Waals surface area contributed by atoms with Crippen LogP contribution < -0.4 is 4.74 Å². The Morgan fingerprint density at radius 1 is 0.970 bits per heavy atom. The minimum atomic E-state index is -3.61. The van der Waals surface area contributed by atoms with Gasteiger partial charge in [0, 0.05) is 27.1 Å². The summed E-state index contributed by atoms with van der Waals surface area (Å²) in [6.45, 7) is 5.32. The molecule has 0 saturated heterocycles. The van der Waals surface area contributed by atoms with Gasteiger partial charge < -0.3 is 9.84 Å². The zero-order valence-electron chi connectivity index (χ0n) is 18.2. The summed E-state index contributed by atoms with van der Waals surface area (Å²) in [5.74, 6) is 5.13. The molecule has 7 heteroatoms. The van der Waals surface area contributed by atoms with Crippen molar-refractivity contribution in [1.82, 2.24) is 0 Å². The number of hydrogen-bond acceptors (Lipinski definition) is 4. The summed E-state index contributed by atoms with van der Waals surface area (Å²) in [5.41, 5.74) is 1.59. The summed E-state index contributed by atoms with van der Waals surface area (Å²) in [7, 11) is -3.61. The van der Waals surface area contributed by atoms with Crippen LogP contribution in [0.15, 0.2) is 70.5 Å². The van der Waals surface area contributed by atoms with Crippen molar-refractivity contribution in [2.45, 2.75) is 36.7 Å². The summed E-state index contributed by atoms with van der Waals surface area (Å²) in [4.78, 5) is 12.2. The van der Waals surface area contributed by atoms with Crippen molar-refractivity contribution >= 4 is 27.4 Å². The molecule has 0 fully saturated rings. The number of carboxylic acid groups (broad SMARTS) is 1. The third-order valence-corrected chi connectivity index (χ3v) is 7.36. The smallest absolute Gasteiger partial charge is 0.345 e. The van der Waals surface area contributed by atoms with Crippen molar-refractivity contribution in [3.8, 4) is 28.7 Å². The van der Waals surface area contributed by atoms with Gasteiger partial charge >= 0.3 is 5.97 Å². The predicted molar refractivity (Wildman–Crippen MR) is 126 cm³/mol. The number of sulfone groups is 1. The van der Waals surface area contributed by atoms with E-state index in [0.717, 1.165) is 0 Å². The Kier molecular flexibility index (Phi) is 5.73. The average molecular weight is 481 g/mol. The summed E-state index contributed by atoms with van der Waals surface area (Å²) in [5, 5.41) is 10.0. The zero-order chi connectivity index (χ0) is 24.0. The number of carboxylic acids is 1. The second-order valence-corrected chi connectivity index (χ2v) is 11.1. The lowest BCUT2D eigenvalue weighted by molar-refractivity contribution is -0.150. The normalized spacial score (nSPS) is 14.4. The number of carbonyl (C=O) groups is 1. The minimum absolute atomic E-state index is 0.219. The minimum Gasteiger partial charge on any atom is -0.478 e. The molecule has 4 rings (SSSR count). The molecule has 1 unspecified atom stereocenters. The molecule has 5 nitrogen and oxygen atoms in total. The van der Waals surface area contributed by atoms with Crippen LogP contribution in [0.3, 0.4) is 0 Å². The fourth-order valence-electron chi connectivity index (χ4n) is 3.65. The summed E-state index contributed by atoms with van der Waals surface area (Å²) in [6.07, 6.45) is -1.09. The molecule has 1 aliphatic heterocycles. The molecule has 0 aliphatic carbocycles. The van der Waals surface area contributed by atoms with E-state index in [1.165, 1.54) is 0 Å². The van der Waals surface area contributed by atoms with Crippen molar-refractivity contribution in [3.63, 3.8) is 0 Å². The first kappa shape index (κ1) is 22.9. The predicted octanol–water partition coefficient (Wildman–Crippen LogP) is 5.43. The van der Waals surface area contributed by atoms with Crippen molar-refractivity contribution < 1.29 is 23.1 Å². The van der Waals surface area contributed by atoms with Crippen molar-refractivity contribution in [2.75, 3.05) is 0 Å². The number of ether oxygens (including phenoxy) is 1. The Morgan fingerprint density at radius 2 is 1.67 bits per heavy atom. The van der Waals surface area contributed by atoms with Gasteiger partial charge in [0.2, 0.25) is 9.84 Å². The van der Waals surface area contributed by atoms with Gasteiger partial charge in [0.05, 0.1) is 15.4 Å². The van der Waals surface area contributed by atoms with Crippen LogP contribution in [0, 0.1) is 17.3 Å². The van der Waals surface area contributed by atoms with Crippen LogP contribution in [-0.2, 0) is 14.6 Å². The van der Waals surface area contributed by atoms with E-state index in [1.54, 1.807) is 81.4 Å². The first-order chi connectivity index (χ1) is 15.5. The molecular weight excluding hydrogens is 460 g/mol. The van der Waals surface area contributed by atoms with Crippen LogP contribution in [0.1, 0.15) is 31.9 Å². The van der Waals surface area contributed by atoms with Crippen LogP contribution in [0.25, 0.3) is 11.1 Å². The Balaban J connectivity index is 1.73. The highest BCUT2D eigenvalue weighted by Gasteiger charge is 2.34. The van der Waals surface area contributed by atoms with Gasteiger partial charge in [-0.2, -0.15) is 0 Å². The first-order valence-corrected chi connectivity index (χ1v) is 12.0. The molecule has 1 heterocycles. The van der Waals surface area contributed by atoms with Gasteiger partial charge in [-0.15, -0.1) is 0 Å². The molecule has 33 heavy (non-hydrogen) atoms. The van der Waals surface area contributed by atoms with Gasteiger partial charge in [-0.25, -0.2) is 13.2 Å². The highest BCUT2D eigenvalue weighted by molar-refractivity contribution is 7.92. The highest BCUT2D eigenvalue weighted by Crippen LogP contribution is 2.43. The fraction of sp³-hybridized carbons (Fsp3) is 0.192. The molecule has 0 spiro atoms. The van der Waals surface area contributed by atoms with Crippen molar-refractivity contribution in [3.05, 3.63) is 76.8 Å². The highest BCUT2D eigenvalue weighted by atomic mass is 35.5. The fourth-order valence-corrected chi connectivity index (χ4v) is 5.54. The molecule has 0 radical (unpaired) electrons. The van der Waals surface area contributed by atoms with E-state index in [4.69, 9.17) is 16.3 Å². The van der Waals surface area contributed by atoms with E-state index < -0.39 is 27.3 Å². The largest absolute Gasteiger partial charge is 0.478 e. The topological polar surface area (TPSA) is 80.7 Å². The lowest BCUT2D eigenvalue weighted by atomic mass is 9.89. The summed E-state index contributed by atoms with van der Waals surface area (Å²) < 4.78 is 31.7. The molecule has 168 valence electrons. The second-order valence-electron chi connectivity index (χ2n) is 8.80. The maximum Gasteiger partial charge on any atom is 0.345 e. The Labute approximate surface area is 197 Å². The van der Waals surface area contributed by atoms with Gasteiger partial charge in [0.1, 0.15) is 5.75 Å². The first-order valence-electron chi connectivity index (χ1n) is 10.2. The number of halogens is 1. The number of aliphatic carboxylic acids is 1. The lowest BCUT2D eigenvalue weighted by Gasteiger charge is -2.28. The summed E-state index contributed by atoms with van der Waals surface area (Å²) in [6, 6.07) is 16.7. The van der Waals surface area contributed by atoms with Crippen molar-refractivity contribution in [1.29, 1.82) is 0 Å². The van der Waals surface area contributed by atoms with E-state index in [1.807, 2.05) is 0 Å². The second kappa shape index (κ2) is 8.26. The van der Waals surface area contributed by atoms with Crippen LogP contribution in [0.5, 0.6) is 5.75 Å². The molecule has 0 amide bonds. The Hall–Kier alpha value is -3.27. The molecule has 3 aromatic carbocycles. The average Bonchev–Trinajstić information content (AvgIpc) is 2.97. The molecule has 1 N–H and O–H groups in total. The molecule has 1 atom stereocenters. The maximum atomic E-state index is 12.9. The molecule has 0 aromatic heterocycles. The third-order valence-electron chi connectivity index (χ3n) is 5.28. The Bertz CT molecular complexity index is 1440. The molecule has 1 aliphatic rings. The molecular formula is C26H21ClO5S. The van der Waals surface area contributed by atoms with Crippen LogP contribution in [0.2, 0.25) is 5.02 Å². The van der Waals surface area contributed by atoms with E-state index >= 15 is 0 Å². The summed E-state index contributed by atoms with van der Waals surface area (Å²) >= 11 is 6.13. The van der Waals surface area contributed by atoms with Gasteiger partial charge in [-0.3, -0.25) is 0 Å². The van der Waals surface area contributed by atoms with E-state index in [9.17, 15) is 18.3 Å². The monoisotopic (exact) mass is 480 g/mol. The number of hydrogen-bond donors (Lipinski definition) is 1. The standard InChI is InChI=1S/C26H21ClO5S/c1-26(2,3)24(25(28)29)32-21-13-11-18(27)15-17(21)10-8-16-9-12-20-19-6-4-5-7-22(19)33(30,31)23(20)14-16/h4-7,9,11-15,24H,1-3H3,(H,28,29). The molecule has 0 bridgehead atoms. The van der Waals surface area contributed by atoms with Gasteiger partial charge in [0.25, 0.3) is 0 Å². The third kappa shape index (κ3) is 4.35. The molecule has 0 saturated carbocycles. The SMILES string of the molecule is CC(C)(C)C(Oc1ccc(Cl)cc1C#Cc1ccc2c(c1)S(=O)(=O)c1ccccc1-2)C(=O)O. The zero-order valence-corrected chi connectivity index (χ0v) is 19.8. The van der Waals surface area contributed by atoms with E-state index in [-0.39, 0.29) is 15.5 Å². The Morgan fingerprint density at radius 3 is 2.36 bits per heavy atom. The van der Waals surface area contributed by atoms with Crippen molar-refractivity contribution in [2.24, 2.45) is 5.41 Å². The number of benzene rings is 3. The molecule has 3 aromatic rings. The quantitative estimate of drug-likeness (QED) is 0.395. The maximum absolute atomic E-state index is 12.9. The van der Waals surface area contributed by atoms with Crippen LogP contribution in [-0.4, -0.2) is 25.6 Å². The van der Waals surface area contributed by atoms with Crippen LogP contribution >= 0.6 is 11.6 Å². The van der Waals surface area contributed by atoms with E-state index in [2.05, 4.69) is 11.8 Å². The van der Waals surface area contributed by atoms with Gasteiger partial charge in [-0.05, 0) is 36.4 Å².